The molecule has 0 fully saturated rings. The van der Waals surface area contributed by atoms with Crippen LogP contribution in [0.4, 0.5) is 44.6 Å². The van der Waals surface area contributed by atoms with Gasteiger partial charge in [-0.15, -0.1) is 0 Å². The van der Waals surface area contributed by atoms with Crippen LogP contribution in [0.3, 0.4) is 0 Å². The second-order valence-electron chi connectivity index (χ2n) is 11.0. The van der Waals surface area contributed by atoms with Gasteiger partial charge in [0.15, 0.2) is 0 Å². The van der Waals surface area contributed by atoms with Gasteiger partial charge in [0.25, 0.3) is 0 Å². The first-order valence-electron chi connectivity index (χ1n) is 15.2. The molecule has 0 aliphatic carbocycles. The number of anilines is 3. The molecule has 48 heavy (non-hydrogen) atoms. The van der Waals surface area contributed by atoms with Gasteiger partial charge in [-0.25, -0.2) is 14.4 Å². The zero-order valence-electron chi connectivity index (χ0n) is 28.3. The van der Waals surface area contributed by atoms with E-state index in [0.29, 0.717) is 15.7 Å². The van der Waals surface area contributed by atoms with Crippen molar-refractivity contribution in [2.45, 2.75) is 45.7 Å². The second kappa shape index (κ2) is 20.9. The van der Waals surface area contributed by atoms with Gasteiger partial charge in [-0.3, -0.25) is 0 Å². The van der Waals surface area contributed by atoms with Crippen molar-refractivity contribution in [3.63, 3.8) is 0 Å². The summed E-state index contributed by atoms with van der Waals surface area (Å²) < 4.78 is 37.0. The topological polar surface area (TPSA) is 97.0 Å². The van der Waals surface area contributed by atoms with Gasteiger partial charge in [-0.2, -0.15) is 13.2 Å². The van der Waals surface area contributed by atoms with Crippen LogP contribution in [0, 0.1) is 0 Å². The summed E-state index contributed by atoms with van der Waals surface area (Å²) >= 11 is 11.7. The van der Waals surface area contributed by atoms with Crippen LogP contribution >= 0.6 is 23.2 Å². The maximum Gasteiger partial charge on any atom is 0.416 e. The van der Waals surface area contributed by atoms with E-state index in [1.165, 1.54) is 41.6 Å². The van der Waals surface area contributed by atoms with Crippen LogP contribution in [0.25, 0.3) is 0 Å². The van der Waals surface area contributed by atoms with E-state index in [0.717, 1.165) is 50.0 Å². The molecule has 0 atom stereocenters. The molecule has 14 heteroatoms. The summed E-state index contributed by atoms with van der Waals surface area (Å²) in [6, 6.07) is 16.8. The number of carbonyl (C=O) groups is 3. The standard InChI is InChI=1S/C12H16Cl2N2O.C12H18N2O.C10H11F3N2O/c1-3-4-7-16(2)12(17)15-9-5-6-10(13)11(14)8-9;1-4-5-10-6-8-11(9-7-10)13-12(15)14(2)3;1-15(2)9(16)14-8-5-3-4-7(6-8)10(11,12)13/h5-6,8H,3-4,7H2,1-2H3,(H,15,17);6-9H,4-5H2,1-3H3,(H,13,15);3-6H,1-2H3,(H,14,16). The predicted octanol–water partition coefficient (Wildman–Crippen LogP) is 9.79. The van der Waals surface area contributed by atoms with Crippen molar-refractivity contribution in [3.05, 3.63) is 87.9 Å². The lowest BCUT2D eigenvalue weighted by atomic mass is 10.1. The Hall–Kier alpha value is -4.16. The molecule has 0 bridgehead atoms. The minimum Gasteiger partial charge on any atom is -0.331 e. The SMILES string of the molecule is CCCCN(C)C(=O)Nc1ccc(Cl)c(Cl)c1.CCCc1ccc(NC(=O)N(C)C)cc1.CN(C)C(=O)Nc1cccc(C(F)(F)F)c1. The van der Waals surface area contributed by atoms with Gasteiger partial charge in [0.1, 0.15) is 0 Å². The number of halogens is 5. The van der Waals surface area contributed by atoms with Crippen LogP contribution in [0.15, 0.2) is 66.7 Å². The Morgan fingerprint density at radius 2 is 1.19 bits per heavy atom. The summed E-state index contributed by atoms with van der Waals surface area (Å²) in [6.45, 7) is 4.98. The summed E-state index contributed by atoms with van der Waals surface area (Å²) in [7, 11) is 8.22. The summed E-state index contributed by atoms with van der Waals surface area (Å²) in [5.74, 6) is 0. The molecule has 6 amide bonds. The van der Waals surface area contributed by atoms with Crippen LogP contribution in [-0.2, 0) is 12.6 Å². The third-order valence-electron chi connectivity index (χ3n) is 6.36. The number of alkyl halides is 3. The number of hydrogen-bond donors (Lipinski definition) is 3. The van der Waals surface area contributed by atoms with Crippen molar-refractivity contribution in [2.75, 3.05) is 57.7 Å². The highest BCUT2D eigenvalue weighted by atomic mass is 35.5. The van der Waals surface area contributed by atoms with E-state index in [2.05, 4.69) is 41.9 Å². The molecule has 0 unspecified atom stereocenters. The van der Waals surface area contributed by atoms with Gasteiger partial charge in [0, 0.05) is 58.8 Å². The monoisotopic (exact) mass is 712 g/mol. The maximum atomic E-state index is 12.3. The molecule has 3 N–H and O–H groups in total. The molecule has 0 heterocycles. The molecular formula is C34H45Cl2F3N6O3. The third kappa shape index (κ3) is 16.1. The lowest BCUT2D eigenvalue weighted by molar-refractivity contribution is -0.137. The molecule has 3 aromatic rings. The predicted molar refractivity (Wildman–Crippen MR) is 190 cm³/mol. The van der Waals surface area contributed by atoms with Gasteiger partial charge in [0.05, 0.1) is 15.6 Å². The van der Waals surface area contributed by atoms with Crippen molar-refractivity contribution < 1.29 is 27.6 Å². The average molecular weight is 714 g/mol. The van der Waals surface area contributed by atoms with Crippen molar-refractivity contribution in [1.29, 1.82) is 0 Å². The van der Waals surface area contributed by atoms with Crippen molar-refractivity contribution in [2.24, 2.45) is 0 Å². The molecule has 0 saturated carbocycles. The van der Waals surface area contributed by atoms with Crippen molar-refractivity contribution in [3.8, 4) is 0 Å². The zero-order valence-corrected chi connectivity index (χ0v) is 29.9. The second-order valence-corrected chi connectivity index (χ2v) is 11.8. The molecule has 0 radical (unpaired) electrons. The van der Waals surface area contributed by atoms with E-state index in [1.54, 1.807) is 44.2 Å². The number of aryl methyl sites for hydroxylation is 1. The Bertz CT molecular complexity index is 1450. The highest BCUT2D eigenvalue weighted by molar-refractivity contribution is 6.42. The first-order chi connectivity index (χ1) is 22.5. The lowest BCUT2D eigenvalue weighted by Crippen LogP contribution is -2.32. The Labute approximate surface area is 291 Å². The van der Waals surface area contributed by atoms with E-state index < -0.39 is 17.8 Å². The normalized spacial score (nSPS) is 10.3. The van der Waals surface area contributed by atoms with Crippen molar-refractivity contribution >= 4 is 58.4 Å². The molecule has 0 aromatic heterocycles. The number of nitrogens with one attached hydrogen (secondary N) is 3. The third-order valence-corrected chi connectivity index (χ3v) is 7.10. The van der Waals surface area contributed by atoms with Crippen LogP contribution in [0.5, 0.6) is 0 Å². The Morgan fingerprint density at radius 1 is 0.667 bits per heavy atom. The highest BCUT2D eigenvalue weighted by Gasteiger charge is 2.30. The van der Waals surface area contributed by atoms with Gasteiger partial charge in [-0.05, 0) is 66.9 Å². The molecular weight excluding hydrogens is 668 g/mol. The molecule has 0 aliphatic rings. The molecule has 3 rings (SSSR count). The van der Waals surface area contributed by atoms with E-state index in [1.807, 2.05) is 12.1 Å². The van der Waals surface area contributed by atoms with E-state index in [4.69, 9.17) is 23.2 Å². The number of rotatable bonds is 8. The molecule has 0 spiro atoms. The molecule has 3 aromatic carbocycles. The first-order valence-corrected chi connectivity index (χ1v) is 15.9. The average Bonchev–Trinajstić information content (AvgIpc) is 3.03. The number of urea groups is 3. The maximum absolute atomic E-state index is 12.3. The molecule has 264 valence electrons. The minimum atomic E-state index is -4.40. The van der Waals surface area contributed by atoms with E-state index in [-0.39, 0.29) is 17.7 Å². The largest absolute Gasteiger partial charge is 0.416 e. The number of hydrogen-bond acceptors (Lipinski definition) is 3. The van der Waals surface area contributed by atoms with Crippen LogP contribution in [-0.4, -0.2) is 74.6 Å². The summed E-state index contributed by atoms with van der Waals surface area (Å²) in [5.41, 5.74) is 2.12. The van der Waals surface area contributed by atoms with Crippen LogP contribution < -0.4 is 16.0 Å². The zero-order chi connectivity index (χ0) is 36.4. The Kier molecular flexibility index (Phi) is 18.3. The van der Waals surface area contributed by atoms with E-state index in [9.17, 15) is 27.6 Å². The number of carbonyl (C=O) groups excluding carboxylic acids is 3. The summed E-state index contributed by atoms with van der Waals surface area (Å²) in [5, 5.41) is 8.81. The highest BCUT2D eigenvalue weighted by Crippen LogP contribution is 2.30. The quantitative estimate of drug-likeness (QED) is 0.217. The fourth-order valence-electron chi connectivity index (χ4n) is 3.58. The molecule has 9 nitrogen and oxygen atoms in total. The lowest BCUT2D eigenvalue weighted by Gasteiger charge is -2.17. The summed E-state index contributed by atoms with van der Waals surface area (Å²) in [6.07, 6.45) is -0.125. The number of nitrogens with zero attached hydrogens (tertiary/aromatic N) is 3. The Balaban J connectivity index is 0.000000361. The van der Waals surface area contributed by atoms with Crippen molar-refractivity contribution in [1.82, 2.24) is 14.7 Å². The fraction of sp³-hybridized carbons (Fsp3) is 0.382. The van der Waals surface area contributed by atoms with E-state index >= 15 is 0 Å². The number of benzene rings is 3. The fourth-order valence-corrected chi connectivity index (χ4v) is 3.87. The van der Waals surface area contributed by atoms with Gasteiger partial charge >= 0.3 is 24.3 Å². The minimum absolute atomic E-state index is 0.0989. The smallest absolute Gasteiger partial charge is 0.331 e. The number of amides is 6. The van der Waals surface area contributed by atoms with Gasteiger partial charge in [0.2, 0.25) is 0 Å². The van der Waals surface area contributed by atoms with Gasteiger partial charge < -0.3 is 30.7 Å². The molecule has 0 aliphatic heterocycles. The Morgan fingerprint density at radius 3 is 1.69 bits per heavy atom. The first kappa shape index (κ1) is 41.9. The molecule has 0 saturated heterocycles. The summed E-state index contributed by atoms with van der Waals surface area (Å²) in [4.78, 5) is 38.7. The number of unbranched alkanes of at least 4 members (excludes halogenated alkanes) is 1. The van der Waals surface area contributed by atoms with Crippen LogP contribution in [0.2, 0.25) is 10.0 Å². The van der Waals surface area contributed by atoms with Crippen LogP contribution in [0.1, 0.15) is 44.2 Å². The van der Waals surface area contributed by atoms with Gasteiger partial charge in [-0.1, -0.05) is 68.1 Å².